The maximum atomic E-state index is 11.3. The summed E-state index contributed by atoms with van der Waals surface area (Å²) in [6.07, 6.45) is 0.996. The molecule has 0 radical (unpaired) electrons. The van der Waals surface area contributed by atoms with Crippen LogP contribution in [-0.2, 0) is 16.1 Å². The summed E-state index contributed by atoms with van der Waals surface area (Å²) in [6.45, 7) is 4.73. The van der Waals surface area contributed by atoms with Gasteiger partial charge in [-0.05, 0) is 31.5 Å². The van der Waals surface area contributed by atoms with Gasteiger partial charge in [0.05, 0.1) is 25.4 Å². The lowest BCUT2D eigenvalue weighted by Crippen LogP contribution is -2.33. The third-order valence-electron chi connectivity index (χ3n) is 3.83. The molecule has 1 N–H and O–H groups in total. The molecule has 0 unspecified atom stereocenters. The molecule has 1 saturated heterocycles. The van der Waals surface area contributed by atoms with Crippen molar-refractivity contribution in [3.63, 3.8) is 0 Å². The highest BCUT2D eigenvalue weighted by molar-refractivity contribution is 5.85. The molecule has 124 valence electrons. The molecule has 0 aliphatic carbocycles. The average Bonchev–Trinajstić information content (AvgIpc) is 2.90. The Balaban J connectivity index is 1.56. The van der Waals surface area contributed by atoms with Gasteiger partial charge in [-0.1, -0.05) is 0 Å². The first-order chi connectivity index (χ1) is 11.2. The lowest BCUT2D eigenvalue weighted by atomic mass is 10.1. The molecule has 2 aliphatic heterocycles. The number of fused-ring (bicyclic) bond motifs is 2. The fourth-order valence-electron chi connectivity index (χ4n) is 2.70. The number of ether oxygens (including phenoxy) is 2. The van der Waals surface area contributed by atoms with Crippen molar-refractivity contribution in [2.24, 2.45) is 4.99 Å². The van der Waals surface area contributed by atoms with Crippen LogP contribution < -0.4 is 4.74 Å². The number of nitrogens with zero attached hydrogens (tertiary/aromatic N) is 3. The van der Waals surface area contributed by atoms with Gasteiger partial charge < -0.3 is 14.4 Å². The molecule has 1 fully saturated rings. The fraction of sp³-hybridized carbons (Fsp3) is 0.500. The van der Waals surface area contributed by atoms with E-state index in [2.05, 4.69) is 4.99 Å². The molecule has 0 aromatic heterocycles. The third-order valence-corrected chi connectivity index (χ3v) is 3.83. The lowest BCUT2D eigenvalue weighted by molar-refractivity contribution is -0.143. The summed E-state index contributed by atoms with van der Waals surface area (Å²) in [6, 6.07) is 5.73. The molecule has 3 rings (SSSR count). The minimum atomic E-state index is -0.189. The van der Waals surface area contributed by atoms with Crippen molar-refractivity contribution in [1.29, 1.82) is 0 Å². The van der Waals surface area contributed by atoms with E-state index in [9.17, 15) is 10.0 Å². The minimum Gasteiger partial charge on any atom is -0.494 e. The van der Waals surface area contributed by atoms with Crippen LogP contribution in [0.4, 0.5) is 5.69 Å². The Hall–Kier alpha value is -2.28. The van der Waals surface area contributed by atoms with Crippen molar-refractivity contribution in [2.45, 2.75) is 26.3 Å². The first-order valence-corrected chi connectivity index (χ1v) is 7.89. The molecule has 7 heteroatoms. The smallest absolute Gasteiger partial charge is 0.305 e. The van der Waals surface area contributed by atoms with Gasteiger partial charge in [-0.25, -0.2) is 10.1 Å². The number of hydrogen-bond acceptors (Lipinski definition) is 7. The van der Waals surface area contributed by atoms with Crippen LogP contribution in [0.3, 0.4) is 0 Å². The monoisotopic (exact) mass is 319 g/mol. The van der Waals surface area contributed by atoms with Gasteiger partial charge in [-0.3, -0.25) is 10.0 Å². The van der Waals surface area contributed by atoms with Crippen molar-refractivity contribution in [3.8, 4) is 5.75 Å². The molecule has 1 aromatic rings. The number of carbonyl (C=O) groups is 1. The highest BCUT2D eigenvalue weighted by Crippen LogP contribution is 2.31. The molecule has 2 aliphatic rings. The highest BCUT2D eigenvalue weighted by atomic mass is 16.5. The van der Waals surface area contributed by atoms with Crippen molar-refractivity contribution in [2.75, 3.05) is 26.3 Å². The normalized spacial score (nSPS) is 15.8. The van der Waals surface area contributed by atoms with E-state index in [-0.39, 0.29) is 5.97 Å². The molecular formula is C16H21N3O4. The van der Waals surface area contributed by atoms with Gasteiger partial charge >= 0.3 is 5.97 Å². The van der Waals surface area contributed by atoms with E-state index in [0.29, 0.717) is 45.1 Å². The summed E-state index contributed by atoms with van der Waals surface area (Å²) in [5.41, 5.74) is 1.93. The predicted molar refractivity (Wildman–Crippen MR) is 83.8 cm³/mol. The van der Waals surface area contributed by atoms with E-state index < -0.39 is 0 Å². The fourth-order valence-corrected chi connectivity index (χ4v) is 2.70. The van der Waals surface area contributed by atoms with Gasteiger partial charge in [0.2, 0.25) is 5.96 Å². The second kappa shape index (κ2) is 6.87. The van der Waals surface area contributed by atoms with Crippen LogP contribution in [0, 0.1) is 0 Å². The van der Waals surface area contributed by atoms with Crippen LogP contribution >= 0.6 is 0 Å². The number of guanidine groups is 1. The van der Waals surface area contributed by atoms with Crippen molar-refractivity contribution >= 4 is 17.6 Å². The second-order valence-electron chi connectivity index (χ2n) is 5.50. The predicted octanol–water partition coefficient (Wildman–Crippen LogP) is 1.92. The van der Waals surface area contributed by atoms with Crippen LogP contribution in [0.2, 0.25) is 0 Å². The van der Waals surface area contributed by atoms with E-state index in [4.69, 9.17) is 9.47 Å². The maximum Gasteiger partial charge on any atom is 0.305 e. The summed E-state index contributed by atoms with van der Waals surface area (Å²) in [7, 11) is 0. The summed E-state index contributed by atoms with van der Waals surface area (Å²) < 4.78 is 10.6. The maximum absolute atomic E-state index is 11.3. The first-order valence-electron chi connectivity index (χ1n) is 7.89. The molecular weight excluding hydrogens is 298 g/mol. The SMILES string of the molecule is CCOC(=O)CCCOc1ccc2c(c1)CN1CCN(O)C1=N2. The summed E-state index contributed by atoms with van der Waals surface area (Å²) >= 11 is 0. The quantitative estimate of drug-likeness (QED) is 0.638. The Labute approximate surface area is 135 Å². The third kappa shape index (κ3) is 3.56. The molecule has 0 saturated carbocycles. The summed E-state index contributed by atoms with van der Waals surface area (Å²) in [4.78, 5) is 17.8. The molecule has 0 spiro atoms. The lowest BCUT2D eigenvalue weighted by Gasteiger charge is -2.25. The highest BCUT2D eigenvalue weighted by Gasteiger charge is 2.29. The number of aliphatic imine (C=N–C) groups is 1. The Bertz CT molecular complexity index is 617. The Kier molecular flexibility index (Phi) is 4.66. The number of carbonyl (C=O) groups excluding carboxylic acids is 1. The number of benzene rings is 1. The van der Waals surface area contributed by atoms with Crippen LogP contribution in [0.25, 0.3) is 0 Å². The van der Waals surface area contributed by atoms with E-state index in [0.717, 1.165) is 23.5 Å². The number of hydroxylamine groups is 2. The van der Waals surface area contributed by atoms with Crippen molar-refractivity contribution < 1.29 is 19.5 Å². The summed E-state index contributed by atoms with van der Waals surface area (Å²) in [5, 5.41) is 10.9. The topological polar surface area (TPSA) is 74.6 Å². The largest absolute Gasteiger partial charge is 0.494 e. The number of hydrogen-bond donors (Lipinski definition) is 1. The molecule has 0 amide bonds. The molecule has 1 aromatic carbocycles. The van der Waals surface area contributed by atoms with Crippen molar-refractivity contribution in [1.82, 2.24) is 9.96 Å². The van der Waals surface area contributed by atoms with Crippen LogP contribution in [0.1, 0.15) is 25.3 Å². The van der Waals surface area contributed by atoms with Gasteiger partial charge in [-0.15, -0.1) is 0 Å². The summed E-state index contributed by atoms with van der Waals surface area (Å²) in [5.74, 6) is 1.19. The standard InChI is InChI=1S/C16H21N3O4/c1-2-22-15(20)4-3-9-23-13-5-6-14-12(10-13)11-18-7-8-19(21)16(18)17-14/h5-6,10,21H,2-4,7-9,11H2,1H3. The molecule has 2 heterocycles. The average molecular weight is 319 g/mol. The van der Waals surface area contributed by atoms with Crippen LogP contribution in [0.5, 0.6) is 5.75 Å². The van der Waals surface area contributed by atoms with Crippen LogP contribution in [-0.4, -0.2) is 53.4 Å². The zero-order valence-corrected chi connectivity index (χ0v) is 13.2. The Morgan fingerprint density at radius 2 is 2.26 bits per heavy atom. The Morgan fingerprint density at radius 3 is 3.09 bits per heavy atom. The molecule has 0 atom stereocenters. The number of rotatable bonds is 6. The van der Waals surface area contributed by atoms with Gasteiger partial charge in [0, 0.05) is 25.1 Å². The molecule has 0 bridgehead atoms. The van der Waals surface area contributed by atoms with E-state index >= 15 is 0 Å². The minimum absolute atomic E-state index is 0.189. The van der Waals surface area contributed by atoms with Gasteiger partial charge in [0.15, 0.2) is 0 Å². The molecule has 23 heavy (non-hydrogen) atoms. The first kappa shape index (κ1) is 15.6. The number of esters is 1. The van der Waals surface area contributed by atoms with E-state index in [1.165, 1.54) is 5.06 Å². The van der Waals surface area contributed by atoms with Gasteiger partial charge in [0.25, 0.3) is 0 Å². The van der Waals surface area contributed by atoms with Crippen LogP contribution in [0.15, 0.2) is 23.2 Å². The zero-order chi connectivity index (χ0) is 16.2. The van der Waals surface area contributed by atoms with Crippen molar-refractivity contribution in [3.05, 3.63) is 23.8 Å². The molecule has 7 nitrogen and oxygen atoms in total. The van der Waals surface area contributed by atoms with Gasteiger partial charge in [-0.2, -0.15) is 0 Å². The van der Waals surface area contributed by atoms with E-state index in [1.54, 1.807) is 6.92 Å². The van der Waals surface area contributed by atoms with Gasteiger partial charge in [0.1, 0.15) is 5.75 Å². The zero-order valence-electron chi connectivity index (χ0n) is 13.2. The second-order valence-corrected chi connectivity index (χ2v) is 5.50. The van der Waals surface area contributed by atoms with E-state index in [1.807, 2.05) is 23.1 Å². The Morgan fingerprint density at radius 1 is 1.39 bits per heavy atom.